The Labute approximate surface area is 126 Å². The van der Waals surface area contributed by atoms with Gasteiger partial charge in [0, 0.05) is 12.1 Å². The maximum absolute atomic E-state index is 9.16. The molecule has 0 saturated carbocycles. The van der Waals surface area contributed by atoms with Crippen LogP contribution in [0, 0.1) is 0 Å². The number of hydrogen-bond donors (Lipinski definition) is 1. The van der Waals surface area contributed by atoms with Crippen LogP contribution in [0.1, 0.15) is 23.4 Å². The largest absolute Gasteiger partial charge is 0.391 e. The van der Waals surface area contributed by atoms with Crippen LogP contribution in [0.25, 0.3) is 0 Å². The fraction of sp³-hybridized carbons (Fsp3) is 0.308. The molecule has 0 amide bonds. The van der Waals surface area contributed by atoms with E-state index in [4.69, 9.17) is 28.3 Å². The van der Waals surface area contributed by atoms with E-state index < -0.39 is 0 Å². The number of aliphatic hydroxyl groups excluding tert-OH is 1. The van der Waals surface area contributed by atoms with E-state index in [9.17, 15) is 0 Å². The highest BCUT2D eigenvalue weighted by atomic mass is 35.5. The van der Waals surface area contributed by atoms with Crippen molar-refractivity contribution in [2.45, 2.75) is 19.6 Å². The molecule has 1 aromatic heterocycles. The van der Waals surface area contributed by atoms with Gasteiger partial charge in [-0.15, -0.1) is 0 Å². The van der Waals surface area contributed by atoms with Crippen LogP contribution in [0.5, 0.6) is 0 Å². The van der Waals surface area contributed by atoms with Gasteiger partial charge in [0.15, 0.2) is 5.13 Å². The quantitative estimate of drug-likeness (QED) is 0.921. The van der Waals surface area contributed by atoms with E-state index in [2.05, 4.69) is 11.9 Å². The number of hydrogen-bond acceptors (Lipinski definition) is 4. The van der Waals surface area contributed by atoms with Gasteiger partial charge in [-0.25, -0.2) is 4.98 Å². The first kappa shape index (κ1) is 14.6. The highest BCUT2D eigenvalue weighted by Crippen LogP contribution is 2.34. The van der Waals surface area contributed by atoms with Gasteiger partial charge in [-0.3, -0.25) is 0 Å². The van der Waals surface area contributed by atoms with E-state index in [1.54, 1.807) is 0 Å². The zero-order valence-corrected chi connectivity index (χ0v) is 12.9. The monoisotopic (exact) mass is 316 g/mol. The summed E-state index contributed by atoms with van der Waals surface area (Å²) < 4.78 is 0. The van der Waals surface area contributed by atoms with Crippen molar-refractivity contribution in [3.63, 3.8) is 0 Å². The topological polar surface area (TPSA) is 36.4 Å². The van der Waals surface area contributed by atoms with Crippen molar-refractivity contribution < 1.29 is 5.11 Å². The first-order valence-electron chi connectivity index (χ1n) is 5.78. The molecule has 6 heteroatoms. The molecule has 2 rings (SSSR count). The van der Waals surface area contributed by atoms with E-state index in [1.165, 1.54) is 11.3 Å². The number of halogens is 2. The molecule has 2 aromatic rings. The molecule has 0 fully saturated rings. The Bertz CT molecular complexity index is 574. The Morgan fingerprint density at radius 1 is 1.37 bits per heavy atom. The predicted molar refractivity (Wildman–Crippen MR) is 81.3 cm³/mol. The number of anilines is 1. The number of nitrogens with zero attached hydrogens (tertiary/aromatic N) is 2. The summed E-state index contributed by atoms with van der Waals surface area (Å²) in [7, 11) is 1.93. The second-order valence-corrected chi connectivity index (χ2v) is 6.00. The molecule has 1 aromatic carbocycles. The Balaban J connectivity index is 2.28. The first-order chi connectivity index (χ1) is 9.04. The number of aromatic nitrogens is 1. The van der Waals surface area contributed by atoms with Crippen molar-refractivity contribution in [2.75, 3.05) is 11.9 Å². The van der Waals surface area contributed by atoms with Crippen LogP contribution in [0.3, 0.4) is 0 Å². The van der Waals surface area contributed by atoms with Crippen LogP contribution in [-0.4, -0.2) is 17.1 Å². The van der Waals surface area contributed by atoms with E-state index in [1.807, 2.05) is 36.2 Å². The molecule has 1 N–H and O–H groups in total. The van der Waals surface area contributed by atoms with Crippen molar-refractivity contribution in [3.8, 4) is 0 Å². The standard InChI is InChI=1S/C13H14Cl2N2OS/c1-8(9-5-3-4-6-10(9)14)17(2)13-16-12(15)11(7-18)19-13/h3-6,8,18H,7H2,1-2H3. The van der Waals surface area contributed by atoms with Gasteiger partial charge >= 0.3 is 0 Å². The fourth-order valence-corrected chi connectivity index (χ4v) is 3.21. The third kappa shape index (κ3) is 3.03. The highest BCUT2D eigenvalue weighted by Gasteiger charge is 2.19. The molecule has 1 atom stereocenters. The zero-order valence-electron chi connectivity index (χ0n) is 10.6. The van der Waals surface area contributed by atoms with Crippen molar-refractivity contribution in [2.24, 2.45) is 0 Å². The normalized spacial score (nSPS) is 12.5. The molecule has 3 nitrogen and oxygen atoms in total. The lowest BCUT2D eigenvalue weighted by Crippen LogP contribution is -2.21. The lowest BCUT2D eigenvalue weighted by atomic mass is 10.1. The van der Waals surface area contributed by atoms with Gasteiger partial charge in [-0.05, 0) is 18.6 Å². The van der Waals surface area contributed by atoms with Gasteiger partial charge in [0.25, 0.3) is 0 Å². The zero-order chi connectivity index (χ0) is 14.0. The number of aliphatic hydroxyl groups is 1. The SMILES string of the molecule is CC(c1ccccc1Cl)N(C)c1nc(Cl)c(CO)s1. The Kier molecular flexibility index (Phi) is 4.68. The van der Waals surface area contributed by atoms with Gasteiger partial charge in [0.1, 0.15) is 5.15 Å². The lowest BCUT2D eigenvalue weighted by Gasteiger charge is -2.25. The third-order valence-corrected chi connectivity index (χ3v) is 4.92. The summed E-state index contributed by atoms with van der Waals surface area (Å²) >= 11 is 13.5. The minimum Gasteiger partial charge on any atom is -0.391 e. The highest BCUT2D eigenvalue weighted by molar-refractivity contribution is 7.16. The molecule has 0 bridgehead atoms. The van der Waals surface area contributed by atoms with Gasteiger partial charge in [-0.2, -0.15) is 0 Å². The van der Waals surface area contributed by atoms with Crippen molar-refractivity contribution in [1.29, 1.82) is 0 Å². The van der Waals surface area contributed by atoms with Crippen LogP contribution in [0.4, 0.5) is 5.13 Å². The molecule has 102 valence electrons. The molecular formula is C13H14Cl2N2OS. The van der Waals surface area contributed by atoms with Crippen LogP contribution in [0.2, 0.25) is 10.2 Å². The molecule has 1 unspecified atom stereocenters. The van der Waals surface area contributed by atoms with E-state index in [0.717, 1.165) is 15.7 Å². The van der Waals surface area contributed by atoms with Gasteiger partial charge in [0.05, 0.1) is 17.5 Å². The molecule has 0 saturated heterocycles. The second kappa shape index (κ2) is 6.09. The van der Waals surface area contributed by atoms with Gasteiger partial charge in [-0.1, -0.05) is 52.7 Å². The summed E-state index contributed by atoms with van der Waals surface area (Å²) in [6.45, 7) is 1.96. The van der Waals surface area contributed by atoms with Gasteiger partial charge in [0.2, 0.25) is 0 Å². The van der Waals surface area contributed by atoms with E-state index in [-0.39, 0.29) is 12.6 Å². The summed E-state index contributed by atoms with van der Waals surface area (Å²) in [6, 6.07) is 7.80. The summed E-state index contributed by atoms with van der Waals surface area (Å²) in [5, 5.41) is 11.0. The molecule has 0 aliphatic rings. The number of thiazole rings is 1. The molecule has 0 aliphatic carbocycles. The van der Waals surface area contributed by atoms with Gasteiger partial charge < -0.3 is 10.0 Å². The molecule has 0 spiro atoms. The molecule has 1 heterocycles. The van der Waals surface area contributed by atoms with Crippen LogP contribution in [0.15, 0.2) is 24.3 Å². The minimum absolute atomic E-state index is 0.0717. The Morgan fingerprint density at radius 3 is 2.63 bits per heavy atom. The molecular weight excluding hydrogens is 303 g/mol. The van der Waals surface area contributed by atoms with Crippen molar-refractivity contribution in [3.05, 3.63) is 44.9 Å². The maximum Gasteiger partial charge on any atom is 0.187 e. The Morgan fingerprint density at radius 2 is 2.05 bits per heavy atom. The van der Waals surface area contributed by atoms with E-state index in [0.29, 0.717) is 10.0 Å². The van der Waals surface area contributed by atoms with Crippen LogP contribution < -0.4 is 4.90 Å². The maximum atomic E-state index is 9.16. The molecule has 0 aliphatic heterocycles. The fourth-order valence-electron chi connectivity index (χ4n) is 1.76. The average molecular weight is 317 g/mol. The van der Waals surface area contributed by atoms with Crippen LogP contribution in [-0.2, 0) is 6.61 Å². The van der Waals surface area contributed by atoms with E-state index >= 15 is 0 Å². The summed E-state index contributed by atoms with van der Waals surface area (Å²) in [5.41, 5.74) is 1.03. The predicted octanol–water partition coefficient (Wildman–Crippen LogP) is 4.14. The average Bonchev–Trinajstić information content (AvgIpc) is 2.79. The van der Waals surface area contributed by atoms with Crippen LogP contribution >= 0.6 is 34.5 Å². The summed E-state index contributed by atoms with van der Waals surface area (Å²) in [6.07, 6.45) is 0. The molecule has 19 heavy (non-hydrogen) atoms. The lowest BCUT2D eigenvalue weighted by molar-refractivity contribution is 0.285. The van der Waals surface area contributed by atoms with Crippen molar-refractivity contribution in [1.82, 2.24) is 4.98 Å². The number of benzene rings is 1. The number of rotatable bonds is 4. The minimum atomic E-state index is -0.0924. The second-order valence-electron chi connectivity index (χ2n) is 4.18. The Hall–Kier alpha value is -0.810. The molecule has 0 radical (unpaired) electrons. The first-order valence-corrected chi connectivity index (χ1v) is 7.35. The smallest absolute Gasteiger partial charge is 0.187 e. The third-order valence-electron chi connectivity index (χ3n) is 3.02. The summed E-state index contributed by atoms with van der Waals surface area (Å²) in [4.78, 5) is 6.94. The van der Waals surface area contributed by atoms with Crippen molar-refractivity contribution >= 4 is 39.7 Å². The summed E-state index contributed by atoms with van der Waals surface area (Å²) in [5.74, 6) is 0.